The summed E-state index contributed by atoms with van der Waals surface area (Å²) in [5.41, 5.74) is 1.25. The maximum Gasteiger partial charge on any atom is 0.231 e. The predicted molar refractivity (Wildman–Crippen MR) is 101 cm³/mol. The van der Waals surface area contributed by atoms with Gasteiger partial charge in [0.05, 0.1) is 6.54 Å². The van der Waals surface area contributed by atoms with Crippen LogP contribution >= 0.6 is 0 Å². The third-order valence-electron chi connectivity index (χ3n) is 5.75. The summed E-state index contributed by atoms with van der Waals surface area (Å²) in [5, 5.41) is 6.94. The van der Waals surface area contributed by atoms with Gasteiger partial charge in [0, 0.05) is 31.2 Å². The van der Waals surface area contributed by atoms with E-state index in [0.717, 1.165) is 62.5 Å². The lowest BCUT2D eigenvalue weighted by Crippen LogP contribution is -2.42. The Bertz CT molecular complexity index is 670. The summed E-state index contributed by atoms with van der Waals surface area (Å²) in [6, 6.07) is 6.88. The van der Waals surface area contributed by atoms with E-state index < -0.39 is 0 Å². The van der Waals surface area contributed by atoms with Crippen LogP contribution in [0, 0.1) is 5.92 Å². The molecule has 1 aromatic rings. The predicted octanol–water partition coefficient (Wildman–Crippen LogP) is 2.43. The highest BCUT2D eigenvalue weighted by Gasteiger charge is 2.37. The van der Waals surface area contributed by atoms with Crippen molar-refractivity contribution in [2.24, 2.45) is 10.9 Å². The molecule has 0 spiro atoms. The number of benzene rings is 1. The molecular formula is C20H29N3O3. The molecular weight excluding hydrogens is 330 g/mol. The lowest BCUT2D eigenvalue weighted by atomic mass is 9.74. The monoisotopic (exact) mass is 359 g/mol. The Morgan fingerprint density at radius 3 is 2.73 bits per heavy atom. The van der Waals surface area contributed by atoms with Crippen molar-refractivity contribution in [1.29, 1.82) is 0 Å². The first-order valence-electron chi connectivity index (χ1n) is 9.73. The molecule has 2 fully saturated rings. The van der Waals surface area contributed by atoms with Crippen LogP contribution in [0.1, 0.15) is 38.7 Å². The van der Waals surface area contributed by atoms with E-state index in [1.165, 1.54) is 12.0 Å². The van der Waals surface area contributed by atoms with Gasteiger partial charge in [0.2, 0.25) is 6.79 Å². The van der Waals surface area contributed by atoms with Crippen LogP contribution < -0.4 is 20.1 Å². The minimum absolute atomic E-state index is 0.0171. The van der Waals surface area contributed by atoms with Crippen molar-refractivity contribution < 1.29 is 14.2 Å². The molecule has 1 aliphatic carbocycles. The van der Waals surface area contributed by atoms with Gasteiger partial charge in [0.15, 0.2) is 17.5 Å². The van der Waals surface area contributed by atoms with Gasteiger partial charge in [-0.2, -0.15) is 0 Å². The number of ether oxygens (including phenoxy) is 3. The Morgan fingerprint density at radius 1 is 1.23 bits per heavy atom. The van der Waals surface area contributed by atoms with E-state index in [1.54, 1.807) is 0 Å². The number of nitrogens with one attached hydrogen (secondary N) is 2. The molecule has 2 aliphatic heterocycles. The molecule has 1 saturated heterocycles. The summed E-state index contributed by atoms with van der Waals surface area (Å²) in [5.74, 6) is 3.34. The SMILES string of the molecule is CCNC(=NCC1(c2ccc3c(c2)OCO3)CCOCC1)NC1CC1C. The lowest BCUT2D eigenvalue weighted by Gasteiger charge is -2.36. The van der Waals surface area contributed by atoms with Crippen molar-refractivity contribution >= 4 is 5.96 Å². The molecule has 0 bridgehead atoms. The Morgan fingerprint density at radius 2 is 2.00 bits per heavy atom. The summed E-state index contributed by atoms with van der Waals surface area (Å²) < 4.78 is 16.7. The number of hydrogen-bond donors (Lipinski definition) is 2. The molecule has 2 unspecified atom stereocenters. The maximum atomic E-state index is 5.65. The maximum absolute atomic E-state index is 5.65. The van der Waals surface area contributed by atoms with Crippen molar-refractivity contribution in [3.63, 3.8) is 0 Å². The van der Waals surface area contributed by atoms with Gasteiger partial charge >= 0.3 is 0 Å². The molecule has 6 nitrogen and oxygen atoms in total. The van der Waals surface area contributed by atoms with E-state index in [1.807, 2.05) is 6.07 Å². The van der Waals surface area contributed by atoms with Gasteiger partial charge in [-0.3, -0.25) is 4.99 Å². The second-order valence-corrected chi connectivity index (χ2v) is 7.62. The van der Waals surface area contributed by atoms with E-state index in [0.29, 0.717) is 12.8 Å². The minimum Gasteiger partial charge on any atom is -0.454 e. The summed E-state index contributed by atoms with van der Waals surface area (Å²) in [6.07, 6.45) is 3.16. The fraction of sp³-hybridized carbons (Fsp3) is 0.650. The van der Waals surface area contributed by atoms with Crippen LogP contribution in [0.15, 0.2) is 23.2 Å². The quantitative estimate of drug-likeness (QED) is 0.624. The fourth-order valence-corrected chi connectivity index (χ4v) is 3.78. The summed E-state index contributed by atoms with van der Waals surface area (Å²) in [6.45, 7) is 7.84. The Kier molecular flexibility index (Phi) is 4.94. The molecule has 142 valence electrons. The largest absolute Gasteiger partial charge is 0.454 e. The molecule has 2 atom stereocenters. The van der Waals surface area contributed by atoms with E-state index in [-0.39, 0.29) is 5.41 Å². The van der Waals surface area contributed by atoms with Crippen LogP contribution in [-0.4, -0.2) is 45.1 Å². The zero-order chi connectivity index (χ0) is 18.0. The average molecular weight is 359 g/mol. The first-order valence-corrected chi connectivity index (χ1v) is 9.73. The van der Waals surface area contributed by atoms with Crippen LogP contribution in [0.2, 0.25) is 0 Å². The van der Waals surface area contributed by atoms with Crippen molar-refractivity contribution in [2.75, 3.05) is 33.1 Å². The number of aliphatic imine (C=N–C) groups is 1. The van der Waals surface area contributed by atoms with Gasteiger partial charge in [-0.05, 0) is 49.8 Å². The zero-order valence-electron chi connectivity index (χ0n) is 15.7. The molecule has 0 aromatic heterocycles. The van der Waals surface area contributed by atoms with Gasteiger partial charge in [0.1, 0.15) is 0 Å². The Hall–Kier alpha value is -1.95. The topological polar surface area (TPSA) is 64.1 Å². The van der Waals surface area contributed by atoms with Crippen molar-refractivity contribution in [2.45, 2.75) is 44.6 Å². The van der Waals surface area contributed by atoms with Crippen LogP contribution in [-0.2, 0) is 10.2 Å². The molecule has 0 radical (unpaired) electrons. The van der Waals surface area contributed by atoms with E-state index in [2.05, 4.69) is 36.6 Å². The third kappa shape index (κ3) is 3.61. The number of hydrogen-bond acceptors (Lipinski definition) is 4. The fourth-order valence-electron chi connectivity index (χ4n) is 3.78. The highest BCUT2D eigenvalue weighted by atomic mass is 16.7. The van der Waals surface area contributed by atoms with Crippen molar-refractivity contribution in [3.05, 3.63) is 23.8 Å². The number of nitrogens with zero attached hydrogens (tertiary/aromatic N) is 1. The Balaban J connectivity index is 1.56. The minimum atomic E-state index is -0.0171. The summed E-state index contributed by atoms with van der Waals surface area (Å²) >= 11 is 0. The molecule has 4 rings (SSSR count). The highest BCUT2D eigenvalue weighted by Crippen LogP contribution is 2.41. The molecule has 0 amide bonds. The number of rotatable bonds is 5. The molecule has 6 heteroatoms. The molecule has 1 aromatic carbocycles. The lowest BCUT2D eigenvalue weighted by molar-refractivity contribution is 0.0530. The van der Waals surface area contributed by atoms with Crippen LogP contribution in [0.4, 0.5) is 0 Å². The average Bonchev–Trinajstić information content (AvgIpc) is 3.16. The molecule has 2 heterocycles. The van der Waals surface area contributed by atoms with E-state index >= 15 is 0 Å². The smallest absolute Gasteiger partial charge is 0.231 e. The standard InChI is InChI=1S/C20H29N3O3/c1-3-21-19(23-16-10-14(16)2)22-12-20(6-8-24-9-7-20)15-4-5-17-18(11-15)26-13-25-17/h4-5,11,14,16H,3,6-10,12-13H2,1-2H3,(H2,21,22,23). The zero-order valence-corrected chi connectivity index (χ0v) is 15.7. The summed E-state index contributed by atoms with van der Waals surface area (Å²) in [7, 11) is 0. The number of fused-ring (bicyclic) bond motifs is 1. The third-order valence-corrected chi connectivity index (χ3v) is 5.75. The van der Waals surface area contributed by atoms with E-state index in [9.17, 15) is 0 Å². The normalized spacial score (nSPS) is 26.5. The second kappa shape index (κ2) is 7.35. The van der Waals surface area contributed by atoms with E-state index in [4.69, 9.17) is 19.2 Å². The molecule has 3 aliphatic rings. The van der Waals surface area contributed by atoms with Crippen LogP contribution in [0.25, 0.3) is 0 Å². The second-order valence-electron chi connectivity index (χ2n) is 7.62. The molecule has 1 saturated carbocycles. The number of guanidine groups is 1. The van der Waals surface area contributed by atoms with Crippen molar-refractivity contribution in [3.8, 4) is 11.5 Å². The molecule has 26 heavy (non-hydrogen) atoms. The molecule has 2 N–H and O–H groups in total. The highest BCUT2D eigenvalue weighted by molar-refractivity contribution is 5.80. The van der Waals surface area contributed by atoms with Gasteiger partial charge in [-0.1, -0.05) is 13.0 Å². The summed E-state index contributed by atoms with van der Waals surface area (Å²) in [4.78, 5) is 4.96. The first-order chi connectivity index (χ1) is 12.7. The van der Waals surface area contributed by atoms with Crippen molar-refractivity contribution in [1.82, 2.24) is 10.6 Å². The van der Waals surface area contributed by atoms with Gasteiger partial charge < -0.3 is 24.8 Å². The van der Waals surface area contributed by atoms with Crippen LogP contribution in [0.3, 0.4) is 0 Å². The van der Waals surface area contributed by atoms with Crippen LogP contribution in [0.5, 0.6) is 11.5 Å². The van der Waals surface area contributed by atoms with Gasteiger partial charge in [0.25, 0.3) is 0 Å². The van der Waals surface area contributed by atoms with Gasteiger partial charge in [-0.15, -0.1) is 0 Å². The Labute approximate surface area is 155 Å². The van der Waals surface area contributed by atoms with Gasteiger partial charge in [-0.25, -0.2) is 0 Å². The first kappa shape index (κ1) is 17.5.